The lowest BCUT2D eigenvalue weighted by molar-refractivity contribution is 0.0985. The minimum Gasteiger partial charge on any atom is -0.465 e. The van der Waals surface area contributed by atoms with E-state index >= 15 is 0 Å². The average molecular weight is 462 g/mol. The minimum atomic E-state index is -0.945. The number of rotatable bonds is 4. The molecule has 0 spiro atoms. The van der Waals surface area contributed by atoms with Gasteiger partial charge in [-0.05, 0) is 35.8 Å². The third-order valence-electron chi connectivity index (χ3n) is 4.73. The number of primary amides is 1. The van der Waals surface area contributed by atoms with E-state index in [2.05, 4.69) is 14.7 Å². The number of hydrogen-bond donors (Lipinski definition) is 1. The number of fused-ring (bicyclic) bond motifs is 3. The summed E-state index contributed by atoms with van der Waals surface area (Å²) in [4.78, 5) is 27.9. The highest BCUT2D eigenvalue weighted by Gasteiger charge is 2.21. The molecule has 158 valence electrons. The molecule has 0 atom stereocenters. The van der Waals surface area contributed by atoms with Gasteiger partial charge < -0.3 is 15.2 Å². The molecule has 1 amide bonds. The topological polar surface area (TPSA) is 127 Å². The van der Waals surface area contributed by atoms with Gasteiger partial charge in [0, 0.05) is 12.6 Å². The summed E-state index contributed by atoms with van der Waals surface area (Å²) < 4.78 is 18.9. The first-order chi connectivity index (χ1) is 14.9. The molecule has 5 rings (SSSR count). The summed E-state index contributed by atoms with van der Waals surface area (Å²) in [5, 5.41) is 3.57. The molecule has 31 heavy (non-hydrogen) atoms. The van der Waals surface area contributed by atoms with E-state index in [0.717, 1.165) is 28.6 Å². The zero-order valence-corrected chi connectivity index (χ0v) is 17.2. The fourth-order valence-electron chi connectivity index (χ4n) is 3.38. The summed E-state index contributed by atoms with van der Waals surface area (Å²) in [5.74, 6) is -1.58. The molecular formula is C19H13Cl2N5O5. The molecule has 4 aromatic rings. The van der Waals surface area contributed by atoms with Crippen LogP contribution in [0, 0.1) is 0 Å². The van der Waals surface area contributed by atoms with E-state index in [1.54, 1.807) is 6.07 Å². The Morgan fingerprint density at radius 3 is 2.71 bits per heavy atom. The monoisotopic (exact) mass is 461 g/mol. The van der Waals surface area contributed by atoms with Gasteiger partial charge in [-0.2, -0.15) is 4.98 Å². The summed E-state index contributed by atoms with van der Waals surface area (Å²) in [5.41, 5.74) is 7.02. The van der Waals surface area contributed by atoms with Gasteiger partial charge in [-0.15, -0.1) is 0 Å². The summed E-state index contributed by atoms with van der Waals surface area (Å²) in [7, 11) is 0. The zero-order valence-electron chi connectivity index (χ0n) is 15.7. The summed E-state index contributed by atoms with van der Waals surface area (Å²) >= 11 is 12.7. The fourth-order valence-corrected chi connectivity index (χ4v) is 3.93. The van der Waals surface area contributed by atoms with E-state index in [4.69, 9.17) is 38.4 Å². The lowest BCUT2D eigenvalue weighted by Crippen LogP contribution is -2.22. The molecule has 1 aliphatic heterocycles. The Hall–Kier alpha value is -3.50. The van der Waals surface area contributed by atoms with Gasteiger partial charge in [-0.3, -0.25) is 13.9 Å². The van der Waals surface area contributed by atoms with Gasteiger partial charge in [0.05, 0.1) is 33.4 Å². The van der Waals surface area contributed by atoms with Crippen LogP contribution in [0.3, 0.4) is 0 Å². The number of halogens is 2. The van der Waals surface area contributed by atoms with E-state index in [9.17, 15) is 9.59 Å². The number of carbonyl (C=O) groups excluding carboxylic acids is 1. The molecule has 0 radical (unpaired) electrons. The van der Waals surface area contributed by atoms with E-state index < -0.39 is 11.7 Å². The van der Waals surface area contributed by atoms with Crippen LogP contribution in [0.15, 0.2) is 39.6 Å². The average Bonchev–Trinajstić information content (AvgIpc) is 3.31. The number of ether oxygens (including phenoxy) is 2. The highest BCUT2D eigenvalue weighted by molar-refractivity contribution is 6.37. The second-order valence-corrected chi connectivity index (χ2v) is 7.53. The first-order valence-electron chi connectivity index (χ1n) is 9.11. The molecule has 10 nitrogen and oxygen atoms in total. The summed E-state index contributed by atoms with van der Waals surface area (Å²) in [6.07, 6.45) is 0.887. The molecule has 2 aromatic carbocycles. The third kappa shape index (κ3) is 3.29. The van der Waals surface area contributed by atoms with Crippen molar-refractivity contribution in [3.05, 3.63) is 56.8 Å². The number of benzene rings is 2. The maximum absolute atomic E-state index is 11.9. The van der Waals surface area contributed by atoms with Crippen molar-refractivity contribution in [3.63, 3.8) is 0 Å². The lowest BCUT2D eigenvalue weighted by atomic mass is 10.2. The number of nitrogens with two attached hydrogens (primary N) is 1. The van der Waals surface area contributed by atoms with Crippen molar-refractivity contribution in [3.8, 4) is 23.2 Å². The quantitative estimate of drug-likeness (QED) is 0.494. The predicted octanol–water partition coefficient (Wildman–Crippen LogP) is 3.16. The molecule has 0 saturated heterocycles. The highest BCUT2D eigenvalue weighted by Crippen LogP contribution is 2.39. The van der Waals surface area contributed by atoms with Gasteiger partial charge in [-0.1, -0.05) is 23.2 Å². The lowest BCUT2D eigenvalue weighted by Gasteiger charge is -2.15. The van der Waals surface area contributed by atoms with Crippen LogP contribution in [-0.4, -0.2) is 31.8 Å². The first-order valence-corrected chi connectivity index (χ1v) is 9.87. The Morgan fingerprint density at radius 2 is 1.97 bits per heavy atom. The summed E-state index contributed by atoms with van der Waals surface area (Å²) in [6, 6.07) is 8.71. The zero-order chi connectivity index (χ0) is 21.7. The molecular weight excluding hydrogens is 449 g/mol. The highest BCUT2D eigenvalue weighted by atomic mass is 35.5. The van der Waals surface area contributed by atoms with Crippen molar-refractivity contribution in [2.75, 3.05) is 6.61 Å². The number of hydrogen-bond acceptors (Lipinski definition) is 7. The van der Waals surface area contributed by atoms with Crippen LogP contribution in [0.1, 0.15) is 17.0 Å². The van der Waals surface area contributed by atoms with Crippen molar-refractivity contribution < 1.29 is 18.8 Å². The molecule has 0 bridgehead atoms. The van der Waals surface area contributed by atoms with Gasteiger partial charge in [0.2, 0.25) is 5.82 Å². The smallest absolute Gasteiger partial charge is 0.446 e. The number of aryl methyl sites for hydroxylation is 1. The number of imidazole rings is 1. The largest absolute Gasteiger partial charge is 0.465 e. The van der Waals surface area contributed by atoms with Crippen LogP contribution in [-0.2, 0) is 6.54 Å². The van der Waals surface area contributed by atoms with Gasteiger partial charge in [0.25, 0.3) is 11.9 Å². The molecule has 1 aliphatic rings. The van der Waals surface area contributed by atoms with Gasteiger partial charge >= 0.3 is 5.76 Å². The van der Waals surface area contributed by atoms with Crippen molar-refractivity contribution in [1.82, 2.24) is 19.3 Å². The van der Waals surface area contributed by atoms with E-state index in [0.29, 0.717) is 18.4 Å². The van der Waals surface area contributed by atoms with E-state index in [1.807, 2.05) is 16.7 Å². The molecule has 2 N–H and O–H groups in total. The number of amides is 1. The van der Waals surface area contributed by atoms with E-state index in [-0.39, 0.29) is 27.3 Å². The van der Waals surface area contributed by atoms with Crippen LogP contribution >= 0.6 is 23.2 Å². The first kappa shape index (κ1) is 19.5. The predicted molar refractivity (Wildman–Crippen MR) is 111 cm³/mol. The molecule has 0 saturated carbocycles. The Kier molecular flexibility index (Phi) is 4.60. The molecule has 12 heteroatoms. The van der Waals surface area contributed by atoms with Crippen LogP contribution in [0.2, 0.25) is 10.0 Å². The van der Waals surface area contributed by atoms with Crippen LogP contribution in [0.5, 0.6) is 17.5 Å². The van der Waals surface area contributed by atoms with Gasteiger partial charge in [0.1, 0.15) is 5.75 Å². The Morgan fingerprint density at radius 1 is 1.19 bits per heavy atom. The minimum absolute atomic E-state index is 0.102. The van der Waals surface area contributed by atoms with Gasteiger partial charge in [-0.25, -0.2) is 9.36 Å². The van der Waals surface area contributed by atoms with Crippen molar-refractivity contribution in [2.24, 2.45) is 5.73 Å². The maximum Gasteiger partial charge on any atom is 0.446 e. The second-order valence-electron chi connectivity index (χ2n) is 6.71. The van der Waals surface area contributed by atoms with Crippen LogP contribution < -0.4 is 21.0 Å². The van der Waals surface area contributed by atoms with Crippen molar-refractivity contribution >= 4 is 40.1 Å². The van der Waals surface area contributed by atoms with Crippen molar-refractivity contribution in [2.45, 2.75) is 13.0 Å². The number of aromatic nitrogens is 4. The third-order valence-corrected chi connectivity index (χ3v) is 5.29. The SMILES string of the molecule is NC(=O)c1noc(=O)n1-c1cc(Cl)c(Oc2ccc3nc4n(c3c2)CCCO4)c(Cl)c1. The van der Waals surface area contributed by atoms with Crippen molar-refractivity contribution in [1.29, 1.82) is 0 Å². The Bertz CT molecular complexity index is 1380. The van der Waals surface area contributed by atoms with Crippen LogP contribution in [0.25, 0.3) is 16.7 Å². The fraction of sp³-hybridized carbons (Fsp3) is 0.158. The molecule has 0 unspecified atom stereocenters. The van der Waals surface area contributed by atoms with Gasteiger partial charge in [0.15, 0.2) is 5.75 Å². The molecule has 2 aromatic heterocycles. The normalized spacial score (nSPS) is 13.1. The molecule has 0 aliphatic carbocycles. The van der Waals surface area contributed by atoms with E-state index in [1.165, 1.54) is 12.1 Å². The maximum atomic E-state index is 11.9. The standard InChI is InChI=1S/C19H13Cl2N5O5/c20-11-6-9(26-17(16(22)27)24-31-19(26)28)7-12(21)15(11)30-10-2-3-13-14(8-10)25-4-1-5-29-18(25)23-13/h2-3,6-8H,1,4-5H2,(H2,22,27). The number of carbonyl (C=O) groups is 1. The molecule has 3 heterocycles. The molecule has 0 fully saturated rings. The Labute approximate surface area is 183 Å². The summed E-state index contributed by atoms with van der Waals surface area (Å²) in [6.45, 7) is 1.43. The van der Waals surface area contributed by atoms with Crippen LogP contribution in [0.4, 0.5) is 0 Å². The number of nitrogens with zero attached hydrogens (tertiary/aromatic N) is 4. The Balaban J connectivity index is 1.53. The second kappa shape index (κ2) is 7.33.